The van der Waals surface area contributed by atoms with E-state index in [4.69, 9.17) is 4.74 Å². The number of carbonyl (C=O) groups is 1. The van der Waals surface area contributed by atoms with Crippen molar-refractivity contribution in [3.63, 3.8) is 0 Å². The maximum Gasteiger partial charge on any atom is 0.344 e. The third kappa shape index (κ3) is 11.2. The zero-order valence-corrected chi connectivity index (χ0v) is 23.6. The Labute approximate surface area is 230 Å². The first-order chi connectivity index (χ1) is 18.8. The van der Waals surface area contributed by atoms with Crippen molar-refractivity contribution in [1.29, 1.82) is 0 Å². The molecule has 2 heterocycles. The molecular formula is C34H49N2O2+. The van der Waals surface area contributed by atoms with Crippen LogP contribution in [0.2, 0.25) is 0 Å². The molecule has 38 heavy (non-hydrogen) atoms. The molecule has 0 atom stereocenters. The van der Waals surface area contributed by atoms with Gasteiger partial charge in [0.05, 0.1) is 6.61 Å². The lowest BCUT2D eigenvalue weighted by Crippen LogP contribution is -2.35. The standard InChI is InChI=1S/C34H49N2O2/c1-2-3-4-5-6-7-8-9-10-11-12-13-14-15-16-19-27-38-34(37)31-21-20-25-36(29-31)26-24-30-28-35-33-23-18-17-22-32(30)33/h9-10,17-18,20-23,25,28-29,35H,2-8,11-16,19,24,26-27H2,1H3/q+1/b10-9-. The first kappa shape index (κ1) is 29.7. The van der Waals surface area contributed by atoms with Gasteiger partial charge in [-0.2, -0.15) is 0 Å². The van der Waals surface area contributed by atoms with Crippen molar-refractivity contribution in [2.24, 2.45) is 0 Å². The average Bonchev–Trinajstić information content (AvgIpc) is 3.36. The van der Waals surface area contributed by atoms with E-state index in [-0.39, 0.29) is 5.97 Å². The summed E-state index contributed by atoms with van der Waals surface area (Å²) >= 11 is 0. The number of nitrogens with zero attached hydrogens (tertiary/aromatic N) is 1. The van der Waals surface area contributed by atoms with Crippen molar-refractivity contribution in [3.05, 3.63) is 78.3 Å². The van der Waals surface area contributed by atoms with Crippen LogP contribution in [0.3, 0.4) is 0 Å². The smallest absolute Gasteiger partial charge is 0.344 e. The minimum absolute atomic E-state index is 0.223. The Bertz CT molecular complexity index is 1080. The highest BCUT2D eigenvalue weighted by Gasteiger charge is 2.13. The molecule has 0 radical (unpaired) electrons. The molecule has 0 aliphatic heterocycles. The van der Waals surface area contributed by atoms with Crippen molar-refractivity contribution in [3.8, 4) is 0 Å². The van der Waals surface area contributed by atoms with Gasteiger partial charge in [-0.05, 0) is 49.8 Å². The van der Waals surface area contributed by atoms with Crippen LogP contribution in [-0.2, 0) is 17.7 Å². The van der Waals surface area contributed by atoms with E-state index in [0.29, 0.717) is 12.2 Å². The van der Waals surface area contributed by atoms with Crippen LogP contribution in [0, 0.1) is 0 Å². The molecule has 3 rings (SSSR count). The predicted molar refractivity (Wildman–Crippen MR) is 158 cm³/mol. The van der Waals surface area contributed by atoms with Gasteiger partial charge < -0.3 is 9.72 Å². The molecule has 0 unspecified atom stereocenters. The minimum atomic E-state index is -0.223. The Balaban J connectivity index is 1.19. The highest BCUT2D eigenvalue weighted by molar-refractivity contribution is 5.88. The van der Waals surface area contributed by atoms with E-state index in [1.165, 1.54) is 88.0 Å². The summed E-state index contributed by atoms with van der Waals surface area (Å²) in [5.74, 6) is -0.223. The Morgan fingerprint density at radius 2 is 1.53 bits per heavy atom. The van der Waals surface area contributed by atoms with Gasteiger partial charge in [0.2, 0.25) is 0 Å². The Morgan fingerprint density at radius 1 is 0.842 bits per heavy atom. The van der Waals surface area contributed by atoms with Crippen molar-refractivity contribution >= 4 is 16.9 Å². The molecule has 0 bridgehead atoms. The van der Waals surface area contributed by atoms with E-state index in [9.17, 15) is 4.79 Å². The third-order valence-electron chi connectivity index (χ3n) is 7.30. The lowest BCUT2D eigenvalue weighted by molar-refractivity contribution is -0.696. The van der Waals surface area contributed by atoms with Crippen molar-refractivity contribution in [2.75, 3.05) is 6.61 Å². The zero-order chi connectivity index (χ0) is 26.7. The largest absolute Gasteiger partial charge is 0.462 e. The fourth-order valence-electron chi connectivity index (χ4n) is 4.97. The number of hydrogen-bond acceptors (Lipinski definition) is 2. The van der Waals surface area contributed by atoms with Crippen molar-refractivity contribution in [2.45, 2.75) is 110 Å². The number of allylic oxidation sites excluding steroid dienone is 2. The molecule has 0 spiro atoms. The van der Waals surface area contributed by atoms with Gasteiger partial charge in [-0.25, -0.2) is 9.36 Å². The summed E-state index contributed by atoms with van der Waals surface area (Å²) < 4.78 is 7.62. The second-order valence-corrected chi connectivity index (χ2v) is 10.5. The summed E-state index contributed by atoms with van der Waals surface area (Å²) in [5.41, 5.74) is 3.08. The number of H-pyrrole nitrogens is 1. The molecule has 0 aliphatic rings. The number of pyridine rings is 1. The molecule has 0 fully saturated rings. The molecule has 3 aromatic rings. The summed E-state index contributed by atoms with van der Waals surface area (Å²) in [7, 11) is 0. The number of aryl methyl sites for hydroxylation is 2. The number of para-hydroxylation sites is 1. The SMILES string of the molecule is CCCCCCCC/C=C\CCCCCCCCOC(=O)c1ccc[n+](CCc2c[nH]c3ccccc23)c1. The molecule has 4 nitrogen and oxygen atoms in total. The van der Waals surface area contributed by atoms with Crippen molar-refractivity contribution in [1.82, 2.24) is 4.98 Å². The molecule has 206 valence electrons. The normalized spacial score (nSPS) is 11.5. The minimum Gasteiger partial charge on any atom is -0.462 e. The van der Waals surface area contributed by atoms with E-state index in [1.807, 2.05) is 30.6 Å². The van der Waals surface area contributed by atoms with E-state index in [1.54, 1.807) is 0 Å². The number of unbranched alkanes of at least 4 members (excludes halogenated alkanes) is 12. The number of aromatic nitrogens is 2. The predicted octanol–water partition coefficient (Wildman–Crippen LogP) is 8.89. The second kappa shape index (κ2) is 18.4. The maximum absolute atomic E-state index is 12.5. The van der Waals surface area contributed by atoms with E-state index in [0.717, 1.165) is 31.3 Å². The number of rotatable bonds is 20. The second-order valence-electron chi connectivity index (χ2n) is 10.5. The summed E-state index contributed by atoms with van der Waals surface area (Å²) in [6.45, 7) is 3.59. The molecule has 2 aromatic heterocycles. The third-order valence-corrected chi connectivity index (χ3v) is 7.30. The van der Waals surface area contributed by atoms with Gasteiger partial charge in [0.25, 0.3) is 0 Å². The fraction of sp³-hybridized carbons (Fsp3) is 0.529. The first-order valence-electron chi connectivity index (χ1n) is 15.1. The quantitative estimate of drug-likeness (QED) is 0.0704. The first-order valence-corrected chi connectivity index (χ1v) is 15.1. The Hall–Kier alpha value is -2.88. The Kier molecular flexibility index (Phi) is 14.4. The maximum atomic E-state index is 12.5. The summed E-state index contributed by atoms with van der Waals surface area (Å²) in [6.07, 6.45) is 29.5. The fourth-order valence-corrected chi connectivity index (χ4v) is 4.97. The number of benzene rings is 1. The molecule has 0 saturated heterocycles. The zero-order valence-electron chi connectivity index (χ0n) is 23.6. The summed E-state index contributed by atoms with van der Waals surface area (Å²) in [5, 5.41) is 1.26. The lowest BCUT2D eigenvalue weighted by atomic mass is 10.1. The summed E-state index contributed by atoms with van der Waals surface area (Å²) in [6, 6.07) is 12.1. The highest BCUT2D eigenvalue weighted by Crippen LogP contribution is 2.18. The number of esters is 1. The van der Waals surface area contributed by atoms with Gasteiger partial charge in [0.15, 0.2) is 18.9 Å². The van der Waals surface area contributed by atoms with Crippen molar-refractivity contribution < 1.29 is 14.1 Å². The van der Waals surface area contributed by atoms with Gasteiger partial charge in [-0.3, -0.25) is 0 Å². The van der Waals surface area contributed by atoms with E-state index in [2.05, 4.69) is 53.0 Å². The van der Waals surface area contributed by atoms with Gasteiger partial charge >= 0.3 is 5.97 Å². The Morgan fingerprint density at radius 3 is 2.29 bits per heavy atom. The van der Waals surface area contributed by atoms with E-state index >= 15 is 0 Å². The van der Waals surface area contributed by atoms with Crippen LogP contribution in [0.4, 0.5) is 0 Å². The molecule has 1 N–H and O–H groups in total. The van der Waals surface area contributed by atoms with Crippen LogP contribution in [0.15, 0.2) is 67.1 Å². The molecule has 0 saturated carbocycles. The lowest BCUT2D eigenvalue weighted by Gasteiger charge is -2.05. The summed E-state index contributed by atoms with van der Waals surface area (Å²) in [4.78, 5) is 15.9. The number of hydrogen-bond donors (Lipinski definition) is 1. The van der Waals surface area contributed by atoms with E-state index < -0.39 is 0 Å². The molecule has 1 aromatic carbocycles. The van der Waals surface area contributed by atoms with Crippen LogP contribution >= 0.6 is 0 Å². The van der Waals surface area contributed by atoms with Gasteiger partial charge in [0.1, 0.15) is 5.56 Å². The number of carbonyl (C=O) groups excluding carboxylic acids is 1. The number of aromatic amines is 1. The monoisotopic (exact) mass is 517 g/mol. The number of nitrogens with one attached hydrogen (secondary N) is 1. The molecule has 4 heteroatoms. The topological polar surface area (TPSA) is 46.0 Å². The highest BCUT2D eigenvalue weighted by atomic mass is 16.5. The van der Waals surface area contributed by atoms with Gasteiger partial charge in [-0.1, -0.05) is 95.1 Å². The number of ether oxygens (including phenoxy) is 1. The number of fused-ring (bicyclic) bond motifs is 1. The van der Waals surface area contributed by atoms with Gasteiger partial charge in [-0.15, -0.1) is 0 Å². The average molecular weight is 518 g/mol. The van der Waals surface area contributed by atoms with Crippen LogP contribution in [0.25, 0.3) is 10.9 Å². The van der Waals surface area contributed by atoms with Gasteiger partial charge in [0, 0.05) is 29.6 Å². The molecule has 0 amide bonds. The molecule has 0 aliphatic carbocycles. The van der Waals surface area contributed by atoms with Crippen LogP contribution in [0.1, 0.15) is 113 Å². The molecular weight excluding hydrogens is 468 g/mol. The van der Waals surface area contributed by atoms with Crippen LogP contribution in [0.5, 0.6) is 0 Å². The van der Waals surface area contributed by atoms with Crippen LogP contribution in [-0.4, -0.2) is 17.6 Å². The van der Waals surface area contributed by atoms with Crippen LogP contribution < -0.4 is 4.57 Å².